The first-order valence-corrected chi connectivity index (χ1v) is 6.42. The van der Waals surface area contributed by atoms with Crippen LogP contribution in [-0.4, -0.2) is 25.7 Å². The van der Waals surface area contributed by atoms with Gasteiger partial charge in [0.15, 0.2) is 0 Å². The van der Waals surface area contributed by atoms with E-state index in [1.807, 2.05) is 32.0 Å². The number of carbonyl (C=O) groups excluding carboxylic acids is 1. The fraction of sp³-hybridized carbons (Fsp3) is 0.500. The van der Waals surface area contributed by atoms with E-state index in [0.29, 0.717) is 6.61 Å². The molecule has 1 aromatic carbocycles. The number of ether oxygens (including phenoxy) is 2. The first kappa shape index (κ1) is 12.9. The minimum atomic E-state index is -0.388. The highest BCUT2D eigenvalue weighted by Gasteiger charge is 2.23. The summed E-state index contributed by atoms with van der Waals surface area (Å²) in [4.78, 5) is 11.9. The standard InChI is InChI=1S/C14H19NO3/c1-3-15-13(14(16)17-4-2)11-5-6-12-10(9-11)7-8-18-12/h5-6,9,13,15H,3-4,7-8H2,1-2H3. The number of hydrogen-bond acceptors (Lipinski definition) is 4. The lowest BCUT2D eigenvalue weighted by Crippen LogP contribution is -2.30. The number of hydrogen-bond donors (Lipinski definition) is 1. The van der Waals surface area contributed by atoms with Gasteiger partial charge in [-0.05, 0) is 36.7 Å². The molecule has 2 rings (SSSR count). The molecular weight excluding hydrogens is 230 g/mol. The van der Waals surface area contributed by atoms with E-state index >= 15 is 0 Å². The maximum atomic E-state index is 11.9. The second kappa shape index (κ2) is 5.87. The molecular formula is C14H19NO3. The number of benzene rings is 1. The molecule has 1 aromatic rings. The molecule has 0 saturated heterocycles. The zero-order valence-corrected chi connectivity index (χ0v) is 10.9. The van der Waals surface area contributed by atoms with Crippen molar-refractivity contribution in [2.45, 2.75) is 26.3 Å². The Morgan fingerprint density at radius 2 is 2.33 bits per heavy atom. The molecule has 4 heteroatoms. The van der Waals surface area contributed by atoms with Crippen LogP contribution in [-0.2, 0) is 16.0 Å². The lowest BCUT2D eigenvalue weighted by molar-refractivity contribution is -0.145. The normalized spacial score (nSPS) is 14.8. The van der Waals surface area contributed by atoms with Gasteiger partial charge in [0, 0.05) is 6.42 Å². The van der Waals surface area contributed by atoms with E-state index in [2.05, 4.69) is 5.32 Å². The van der Waals surface area contributed by atoms with E-state index < -0.39 is 0 Å². The topological polar surface area (TPSA) is 47.6 Å². The van der Waals surface area contributed by atoms with Gasteiger partial charge in [-0.3, -0.25) is 0 Å². The maximum absolute atomic E-state index is 11.9. The highest BCUT2D eigenvalue weighted by Crippen LogP contribution is 2.28. The van der Waals surface area contributed by atoms with Crippen molar-refractivity contribution >= 4 is 5.97 Å². The number of nitrogens with one attached hydrogen (secondary N) is 1. The Labute approximate surface area is 107 Å². The van der Waals surface area contributed by atoms with Crippen molar-refractivity contribution in [2.24, 2.45) is 0 Å². The minimum Gasteiger partial charge on any atom is -0.493 e. The monoisotopic (exact) mass is 249 g/mol. The Balaban J connectivity index is 2.22. The highest BCUT2D eigenvalue weighted by molar-refractivity contribution is 5.77. The van der Waals surface area contributed by atoms with Crippen LogP contribution in [0.25, 0.3) is 0 Å². The average Bonchev–Trinajstić information content (AvgIpc) is 2.83. The zero-order chi connectivity index (χ0) is 13.0. The van der Waals surface area contributed by atoms with Crippen LogP contribution in [0.5, 0.6) is 5.75 Å². The van der Waals surface area contributed by atoms with Gasteiger partial charge in [-0.1, -0.05) is 13.0 Å². The summed E-state index contributed by atoms with van der Waals surface area (Å²) in [5, 5.41) is 3.16. The van der Waals surface area contributed by atoms with E-state index in [4.69, 9.17) is 9.47 Å². The van der Waals surface area contributed by atoms with Crippen molar-refractivity contribution in [1.29, 1.82) is 0 Å². The van der Waals surface area contributed by atoms with Crippen LogP contribution in [0, 0.1) is 0 Å². The predicted octanol–water partition coefficient (Wildman–Crippen LogP) is 1.84. The maximum Gasteiger partial charge on any atom is 0.327 e. The number of esters is 1. The Hall–Kier alpha value is -1.55. The van der Waals surface area contributed by atoms with Crippen molar-refractivity contribution < 1.29 is 14.3 Å². The summed E-state index contributed by atoms with van der Waals surface area (Å²) < 4.78 is 10.6. The van der Waals surface area contributed by atoms with E-state index in [0.717, 1.165) is 30.9 Å². The summed E-state index contributed by atoms with van der Waals surface area (Å²) in [5.74, 6) is 0.705. The van der Waals surface area contributed by atoms with Gasteiger partial charge in [0.25, 0.3) is 0 Å². The molecule has 4 nitrogen and oxygen atoms in total. The van der Waals surface area contributed by atoms with Crippen molar-refractivity contribution in [3.05, 3.63) is 29.3 Å². The molecule has 0 amide bonds. The summed E-state index contributed by atoms with van der Waals surface area (Å²) in [6.45, 7) is 5.63. The fourth-order valence-corrected chi connectivity index (χ4v) is 2.15. The molecule has 0 fully saturated rings. The van der Waals surface area contributed by atoms with E-state index in [-0.39, 0.29) is 12.0 Å². The molecule has 0 bridgehead atoms. The van der Waals surface area contributed by atoms with Gasteiger partial charge in [0.2, 0.25) is 0 Å². The molecule has 98 valence electrons. The van der Waals surface area contributed by atoms with Crippen LogP contribution in [0.3, 0.4) is 0 Å². The number of carbonyl (C=O) groups is 1. The number of fused-ring (bicyclic) bond motifs is 1. The van der Waals surface area contributed by atoms with Crippen LogP contribution in [0.15, 0.2) is 18.2 Å². The fourth-order valence-electron chi connectivity index (χ4n) is 2.15. The molecule has 1 atom stereocenters. The SMILES string of the molecule is CCNC(C(=O)OCC)c1ccc2c(c1)CCO2. The molecule has 0 aromatic heterocycles. The van der Waals surface area contributed by atoms with Crippen molar-refractivity contribution in [2.75, 3.05) is 19.8 Å². The lowest BCUT2D eigenvalue weighted by atomic mass is 10.0. The first-order valence-electron chi connectivity index (χ1n) is 6.42. The van der Waals surface area contributed by atoms with E-state index in [9.17, 15) is 4.79 Å². The molecule has 1 heterocycles. The quantitative estimate of drug-likeness (QED) is 0.809. The first-order chi connectivity index (χ1) is 8.76. The van der Waals surface area contributed by atoms with Crippen molar-refractivity contribution in [3.63, 3.8) is 0 Å². The third-order valence-electron chi connectivity index (χ3n) is 2.98. The minimum absolute atomic E-state index is 0.224. The van der Waals surface area contributed by atoms with Gasteiger partial charge < -0.3 is 14.8 Å². The molecule has 1 aliphatic heterocycles. The molecule has 1 aliphatic rings. The van der Waals surface area contributed by atoms with Gasteiger partial charge in [-0.15, -0.1) is 0 Å². The summed E-state index contributed by atoms with van der Waals surface area (Å²) in [6, 6.07) is 5.50. The van der Waals surface area contributed by atoms with Crippen LogP contribution in [0.2, 0.25) is 0 Å². The molecule has 1 unspecified atom stereocenters. The summed E-state index contributed by atoms with van der Waals surface area (Å²) in [6.07, 6.45) is 0.908. The average molecular weight is 249 g/mol. The van der Waals surface area contributed by atoms with Gasteiger partial charge in [0.1, 0.15) is 11.8 Å². The second-order valence-electron chi connectivity index (χ2n) is 4.21. The molecule has 0 saturated carbocycles. The Kier molecular flexibility index (Phi) is 4.20. The van der Waals surface area contributed by atoms with Gasteiger partial charge >= 0.3 is 5.97 Å². The second-order valence-corrected chi connectivity index (χ2v) is 4.21. The van der Waals surface area contributed by atoms with Crippen molar-refractivity contribution in [1.82, 2.24) is 5.32 Å². The summed E-state index contributed by atoms with van der Waals surface area (Å²) in [7, 11) is 0. The molecule has 1 N–H and O–H groups in total. The van der Waals surface area contributed by atoms with Crippen LogP contribution in [0.1, 0.15) is 31.0 Å². The Morgan fingerprint density at radius 3 is 3.06 bits per heavy atom. The Bertz CT molecular complexity index is 431. The number of likely N-dealkylation sites (N-methyl/N-ethyl adjacent to an activating group) is 1. The van der Waals surface area contributed by atoms with E-state index in [1.165, 1.54) is 5.56 Å². The van der Waals surface area contributed by atoms with E-state index in [1.54, 1.807) is 0 Å². The summed E-state index contributed by atoms with van der Waals surface area (Å²) in [5.41, 5.74) is 2.11. The molecule has 18 heavy (non-hydrogen) atoms. The highest BCUT2D eigenvalue weighted by atomic mass is 16.5. The number of rotatable bonds is 5. The van der Waals surface area contributed by atoms with Gasteiger partial charge in [-0.25, -0.2) is 4.79 Å². The van der Waals surface area contributed by atoms with Crippen LogP contribution in [0.4, 0.5) is 0 Å². The van der Waals surface area contributed by atoms with Gasteiger partial charge in [0.05, 0.1) is 13.2 Å². The van der Waals surface area contributed by atoms with Crippen molar-refractivity contribution in [3.8, 4) is 5.75 Å². The Morgan fingerprint density at radius 1 is 1.50 bits per heavy atom. The summed E-state index contributed by atoms with van der Waals surface area (Å²) >= 11 is 0. The molecule has 0 spiro atoms. The zero-order valence-electron chi connectivity index (χ0n) is 10.9. The largest absolute Gasteiger partial charge is 0.493 e. The van der Waals surface area contributed by atoms with Crippen LogP contribution >= 0.6 is 0 Å². The van der Waals surface area contributed by atoms with Gasteiger partial charge in [-0.2, -0.15) is 0 Å². The smallest absolute Gasteiger partial charge is 0.327 e. The molecule has 0 aliphatic carbocycles. The lowest BCUT2D eigenvalue weighted by Gasteiger charge is -2.17. The van der Waals surface area contributed by atoms with Crippen LogP contribution < -0.4 is 10.1 Å². The third-order valence-corrected chi connectivity index (χ3v) is 2.98. The molecule has 0 radical (unpaired) electrons. The predicted molar refractivity (Wildman–Crippen MR) is 68.7 cm³/mol. The third kappa shape index (κ3) is 2.64.